The number of amides is 5. The van der Waals surface area contributed by atoms with E-state index in [0.29, 0.717) is 18.7 Å². The van der Waals surface area contributed by atoms with Crippen molar-refractivity contribution in [2.24, 2.45) is 0 Å². The van der Waals surface area contributed by atoms with E-state index in [4.69, 9.17) is 4.65 Å². The van der Waals surface area contributed by atoms with Gasteiger partial charge in [0.25, 0.3) is 0 Å². The lowest BCUT2D eigenvalue weighted by molar-refractivity contribution is -0.123. The van der Waals surface area contributed by atoms with Gasteiger partial charge < -0.3 is 40.1 Å². The summed E-state index contributed by atoms with van der Waals surface area (Å²) in [5.41, 5.74) is 0.430. The second-order valence-electron chi connectivity index (χ2n) is 8.96. The van der Waals surface area contributed by atoms with Gasteiger partial charge in [-0.05, 0) is 42.7 Å². The Balaban J connectivity index is 1.58. The molecule has 0 aliphatic carbocycles. The van der Waals surface area contributed by atoms with Crippen LogP contribution in [0, 0.1) is 0 Å². The number of aromatic carboxylic acids is 1. The van der Waals surface area contributed by atoms with Crippen LogP contribution in [0.3, 0.4) is 0 Å². The zero-order chi connectivity index (χ0) is 28.5. The van der Waals surface area contributed by atoms with Crippen LogP contribution in [0.25, 0.3) is 0 Å². The minimum Gasteiger partial charge on any atom is -0.534 e. The van der Waals surface area contributed by atoms with Crippen LogP contribution < -0.4 is 20.6 Å². The molecule has 2 heterocycles. The fourth-order valence-electron chi connectivity index (χ4n) is 4.41. The third-order valence-corrected chi connectivity index (χ3v) is 7.46. The monoisotopic (exact) mass is 560 g/mol. The summed E-state index contributed by atoms with van der Waals surface area (Å²) in [4.78, 5) is 71.6. The Labute approximate surface area is 222 Å². The highest BCUT2D eigenvalue weighted by Crippen LogP contribution is 2.33. The van der Waals surface area contributed by atoms with E-state index in [0.717, 1.165) is 17.0 Å². The van der Waals surface area contributed by atoms with Crippen molar-refractivity contribution in [2.75, 3.05) is 19.6 Å². The average Bonchev–Trinajstić information content (AvgIpc) is 3.27. The number of carbonyl (C=O) groups excluding carboxylic acids is 3. The Morgan fingerprint density at radius 2 is 1.85 bits per heavy atom. The van der Waals surface area contributed by atoms with Crippen LogP contribution >= 0.6 is 7.60 Å². The van der Waals surface area contributed by atoms with Gasteiger partial charge in [0.2, 0.25) is 5.91 Å². The molecule has 1 saturated heterocycles. The molecule has 39 heavy (non-hydrogen) atoms. The first kappa shape index (κ1) is 28.1. The topological polar surface area (TPSA) is 206 Å². The van der Waals surface area contributed by atoms with Gasteiger partial charge in [0.15, 0.2) is 0 Å². The number of likely N-dealkylation sites (N-methyl/N-ethyl adjacent to an activating group) is 1. The number of benzene rings is 2. The molecule has 0 aromatic heterocycles. The van der Waals surface area contributed by atoms with Gasteiger partial charge >= 0.3 is 32.7 Å². The molecule has 2 aromatic carbocycles. The number of nitrogens with one attached hydrogen (secondary N) is 2. The van der Waals surface area contributed by atoms with E-state index in [1.165, 1.54) is 29.2 Å². The van der Waals surface area contributed by atoms with Crippen LogP contribution in [-0.4, -0.2) is 86.3 Å². The molecule has 1 unspecified atom stereocenters. The van der Waals surface area contributed by atoms with Crippen LogP contribution in [0.15, 0.2) is 42.5 Å². The summed E-state index contributed by atoms with van der Waals surface area (Å²) < 4.78 is 17.0. The molecule has 2 aromatic rings. The van der Waals surface area contributed by atoms with Gasteiger partial charge in [-0.2, -0.15) is 0 Å². The normalized spacial score (nSPS) is 17.8. The number of carboxylic acid groups (broad SMARTS) is 1. The fraction of sp³-hybridized carbons (Fsp3) is 0.304. The van der Waals surface area contributed by atoms with Gasteiger partial charge in [0, 0.05) is 19.6 Å². The summed E-state index contributed by atoms with van der Waals surface area (Å²) in [5, 5.41) is 24.7. The second kappa shape index (κ2) is 11.1. The highest BCUT2D eigenvalue weighted by atomic mass is 31.2. The molecule has 206 valence electrons. The predicted molar refractivity (Wildman–Crippen MR) is 136 cm³/mol. The van der Waals surface area contributed by atoms with E-state index in [1.807, 2.05) is 0 Å². The van der Waals surface area contributed by atoms with Crippen LogP contribution in [0.5, 0.6) is 5.75 Å². The number of hydrogen-bond donors (Lipinski definition) is 6. The quantitative estimate of drug-likeness (QED) is 0.195. The number of hydrogen-bond acceptors (Lipinski definition) is 7. The van der Waals surface area contributed by atoms with Crippen molar-refractivity contribution < 1.29 is 48.3 Å². The van der Waals surface area contributed by atoms with Crippen molar-refractivity contribution >= 4 is 44.0 Å². The van der Waals surface area contributed by atoms with Crippen molar-refractivity contribution in [2.45, 2.75) is 25.3 Å². The highest BCUT2D eigenvalue weighted by Gasteiger charge is 2.40. The summed E-state index contributed by atoms with van der Waals surface area (Å²) in [6, 6.07) is 6.34. The summed E-state index contributed by atoms with van der Waals surface area (Å²) in [7, 11) is -6.19. The zero-order valence-electron chi connectivity index (χ0n) is 20.7. The molecule has 0 spiro atoms. The lowest BCUT2D eigenvalue weighted by Gasteiger charge is -2.30. The molecule has 2 aliphatic heterocycles. The lowest BCUT2D eigenvalue weighted by atomic mass is 9.72. The molecule has 2 atom stereocenters. The minimum atomic E-state index is -4.57. The van der Waals surface area contributed by atoms with Crippen molar-refractivity contribution in [3.63, 3.8) is 0 Å². The van der Waals surface area contributed by atoms with E-state index in [-0.39, 0.29) is 35.1 Å². The molecule has 1 fully saturated rings. The molecule has 5 amide bonds. The predicted octanol–water partition coefficient (Wildman–Crippen LogP) is -0.164. The largest absolute Gasteiger partial charge is 0.547 e. The standard InChI is InChI=1S/C23H26BN4O10P/c1-2-27-10-11-28(23(27)33)22(32)26-18(13-6-8-15(9-7-13)39(35,36)37)20(29)25-17-12-14-4-3-5-16(21(30)31)19(14)38-24(17)34/h3-9,17-18,34H,2,10-12H2,1H3,(H,25,29)(H,26,32)(H,30,31)(H2,35,36,37)/t17-,18?/m0/s1. The maximum absolute atomic E-state index is 13.4. The van der Waals surface area contributed by atoms with Gasteiger partial charge in [-0.25, -0.2) is 19.3 Å². The van der Waals surface area contributed by atoms with E-state index in [9.17, 15) is 43.7 Å². The fourth-order valence-corrected chi connectivity index (χ4v) is 4.95. The molecule has 16 heteroatoms. The molecule has 4 rings (SSSR count). The molecule has 2 aliphatic rings. The summed E-state index contributed by atoms with van der Waals surface area (Å²) >= 11 is 0. The van der Waals surface area contributed by atoms with Crippen molar-refractivity contribution in [3.8, 4) is 5.75 Å². The SMILES string of the molecule is CCN1CCN(C(=O)NC(C(=O)N[C@H]2Cc3cccc(C(=O)O)c3OB2O)c2ccc(P(=O)(O)O)cc2)C1=O. The number of nitrogens with zero attached hydrogens (tertiary/aromatic N) is 2. The van der Waals surface area contributed by atoms with Crippen molar-refractivity contribution in [1.82, 2.24) is 20.4 Å². The average molecular weight is 560 g/mol. The number of imide groups is 1. The molecular formula is C23H26BN4O10P. The number of para-hydroxylation sites is 1. The van der Waals surface area contributed by atoms with Crippen LogP contribution in [0.1, 0.15) is 34.5 Å². The third kappa shape index (κ3) is 5.91. The number of rotatable bonds is 7. The molecule has 14 nitrogen and oxygen atoms in total. The second-order valence-corrected chi connectivity index (χ2v) is 10.6. The Morgan fingerprint density at radius 1 is 1.15 bits per heavy atom. The Morgan fingerprint density at radius 3 is 2.44 bits per heavy atom. The smallest absolute Gasteiger partial charge is 0.534 e. The Hall–Kier alpha value is -3.91. The van der Waals surface area contributed by atoms with Crippen molar-refractivity contribution in [1.29, 1.82) is 0 Å². The van der Waals surface area contributed by atoms with Crippen LogP contribution in [0.4, 0.5) is 9.59 Å². The van der Waals surface area contributed by atoms with Gasteiger partial charge in [-0.3, -0.25) is 9.36 Å². The summed E-state index contributed by atoms with van der Waals surface area (Å²) in [6.07, 6.45) is 0.0112. The maximum atomic E-state index is 13.4. The van der Waals surface area contributed by atoms with Crippen LogP contribution in [-0.2, 0) is 15.8 Å². The molecule has 6 N–H and O–H groups in total. The van der Waals surface area contributed by atoms with Crippen LogP contribution in [0.2, 0.25) is 0 Å². The van der Waals surface area contributed by atoms with E-state index >= 15 is 0 Å². The third-order valence-electron chi connectivity index (χ3n) is 6.49. The number of carboxylic acids is 1. The maximum Gasteiger partial charge on any atom is 0.547 e. The van der Waals surface area contributed by atoms with E-state index in [2.05, 4.69) is 10.6 Å². The zero-order valence-corrected chi connectivity index (χ0v) is 21.6. The van der Waals surface area contributed by atoms with Gasteiger partial charge in [-0.1, -0.05) is 24.3 Å². The first-order valence-corrected chi connectivity index (χ1v) is 13.5. The molecular weight excluding hydrogens is 534 g/mol. The first-order chi connectivity index (χ1) is 18.4. The summed E-state index contributed by atoms with van der Waals surface area (Å²) in [5.74, 6) is -3.11. The van der Waals surface area contributed by atoms with E-state index in [1.54, 1.807) is 13.0 Å². The van der Waals surface area contributed by atoms with Gasteiger partial charge in [0.1, 0.15) is 11.8 Å². The lowest BCUT2D eigenvalue weighted by Crippen LogP contribution is -2.56. The molecule has 0 radical (unpaired) electrons. The summed E-state index contributed by atoms with van der Waals surface area (Å²) in [6.45, 7) is 2.57. The Kier molecular flexibility index (Phi) is 7.98. The number of fused-ring (bicyclic) bond motifs is 1. The molecule has 0 saturated carbocycles. The van der Waals surface area contributed by atoms with Gasteiger partial charge in [0.05, 0.1) is 16.8 Å². The molecule has 0 bridgehead atoms. The van der Waals surface area contributed by atoms with Gasteiger partial charge in [-0.15, -0.1) is 0 Å². The van der Waals surface area contributed by atoms with Crippen molar-refractivity contribution in [3.05, 3.63) is 59.2 Å². The number of carbonyl (C=O) groups is 4. The minimum absolute atomic E-state index is 0.0112. The Bertz CT molecular complexity index is 1350. The van der Waals surface area contributed by atoms with E-state index < -0.39 is 50.6 Å². The number of urea groups is 2. The first-order valence-electron chi connectivity index (χ1n) is 11.9. The highest BCUT2D eigenvalue weighted by molar-refractivity contribution is 7.60.